The maximum Gasteiger partial charge on any atom is 0.108 e. The van der Waals surface area contributed by atoms with Crippen LogP contribution in [0.25, 0.3) is 0 Å². The van der Waals surface area contributed by atoms with Crippen LogP contribution in [0, 0.1) is 11.3 Å². The summed E-state index contributed by atoms with van der Waals surface area (Å²) in [6.07, 6.45) is 4.15. The summed E-state index contributed by atoms with van der Waals surface area (Å²) in [4.78, 5) is 2.45. The van der Waals surface area contributed by atoms with E-state index in [1.165, 1.54) is 6.42 Å². The Bertz CT molecular complexity index is 369. The number of nitrogens with one attached hydrogen (secondary N) is 1. The molecule has 2 fully saturated rings. The van der Waals surface area contributed by atoms with Gasteiger partial charge in [-0.25, -0.2) is 0 Å². The molecule has 5 heteroatoms. The SMILES string of the molecule is CC(C)NC1(C#N)CCCC(N2CCS(=O)CC2)C1. The van der Waals surface area contributed by atoms with E-state index in [0.29, 0.717) is 12.1 Å². The Morgan fingerprint density at radius 1 is 1.42 bits per heavy atom. The van der Waals surface area contributed by atoms with Crippen molar-refractivity contribution in [1.82, 2.24) is 10.2 Å². The predicted octanol–water partition coefficient (Wildman–Crippen LogP) is 1.25. The smallest absolute Gasteiger partial charge is 0.108 e. The normalized spacial score (nSPS) is 34.3. The fraction of sp³-hybridized carbons (Fsp3) is 0.929. The van der Waals surface area contributed by atoms with Gasteiger partial charge in [-0.2, -0.15) is 5.26 Å². The summed E-state index contributed by atoms with van der Waals surface area (Å²) >= 11 is 0. The molecule has 0 aromatic rings. The number of hydrogen-bond donors (Lipinski definition) is 1. The van der Waals surface area contributed by atoms with Crippen LogP contribution in [0.3, 0.4) is 0 Å². The van der Waals surface area contributed by atoms with Gasteiger partial charge in [-0.05, 0) is 39.5 Å². The Morgan fingerprint density at radius 3 is 2.68 bits per heavy atom. The highest BCUT2D eigenvalue weighted by Crippen LogP contribution is 2.31. The third-order valence-electron chi connectivity index (χ3n) is 4.23. The van der Waals surface area contributed by atoms with Gasteiger partial charge in [0, 0.05) is 47.5 Å². The Kier molecular flexibility index (Phi) is 4.99. The fourth-order valence-corrected chi connectivity index (χ4v) is 4.47. The van der Waals surface area contributed by atoms with Crippen LogP contribution in [-0.2, 0) is 10.8 Å². The minimum atomic E-state index is -0.618. The Labute approximate surface area is 119 Å². The Balaban J connectivity index is 1.99. The molecule has 2 unspecified atom stereocenters. The first kappa shape index (κ1) is 15.0. The molecule has 0 aromatic carbocycles. The van der Waals surface area contributed by atoms with E-state index in [0.717, 1.165) is 43.9 Å². The Hall–Kier alpha value is -0.440. The summed E-state index contributed by atoms with van der Waals surface area (Å²) < 4.78 is 11.4. The van der Waals surface area contributed by atoms with Crippen molar-refractivity contribution in [2.75, 3.05) is 24.6 Å². The van der Waals surface area contributed by atoms with E-state index in [9.17, 15) is 9.47 Å². The average molecular weight is 283 g/mol. The molecule has 1 heterocycles. The molecule has 2 atom stereocenters. The molecule has 1 saturated carbocycles. The molecule has 1 aliphatic carbocycles. The topological polar surface area (TPSA) is 56.1 Å². The maximum atomic E-state index is 11.4. The van der Waals surface area contributed by atoms with Gasteiger partial charge in [0.05, 0.1) is 6.07 Å². The summed E-state index contributed by atoms with van der Waals surface area (Å²) in [5, 5.41) is 13.0. The number of nitrogens with zero attached hydrogens (tertiary/aromatic N) is 2. The molecule has 0 amide bonds. The van der Waals surface area contributed by atoms with E-state index in [4.69, 9.17) is 0 Å². The summed E-state index contributed by atoms with van der Waals surface area (Å²) in [6, 6.07) is 3.35. The van der Waals surface area contributed by atoms with Gasteiger partial charge in [-0.1, -0.05) is 0 Å². The molecule has 1 aliphatic heterocycles. The zero-order valence-electron chi connectivity index (χ0n) is 12.0. The summed E-state index contributed by atoms with van der Waals surface area (Å²) in [5.41, 5.74) is -0.353. The van der Waals surface area contributed by atoms with Crippen molar-refractivity contribution in [3.8, 4) is 6.07 Å². The van der Waals surface area contributed by atoms with Crippen LogP contribution in [0.2, 0.25) is 0 Å². The van der Waals surface area contributed by atoms with Crippen LogP contribution < -0.4 is 5.32 Å². The Morgan fingerprint density at radius 2 is 2.11 bits per heavy atom. The lowest BCUT2D eigenvalue weighted by Crippen LogP contribution is -2.56. The number of hydrogen-bond acceptors (Lipinski definition) is 4. The van der Waals surface area contributed by atoms with Gasteiger partial charge in [0.25, 0.3) is 0 Å². The molecule has 2 aliphatic rings. The van der Waals surface area contributed by atoms with Gasteiger partial charge < -0.3 is 0 Å². The van der Waals surface area contributed by atoms with E-state index < -0.39 is 10.8 Å². The van der Waals surface area contributed by atoms with Gasteiger partial charge in [0.2, 0.25) is 0 Å². The molecule has 2 rings (SSSR count). The highest BCUT2D eigenvalue weighted by atomic mass is 32.2. The minimum Gasteiger partial charge on any atom is -0.298 e. The molecule has 108 valence electrons. The van der Waals surface area contributed by atoms with Crippen molar-refractivity contribution in [3.63, 3.8) is 0 Å². The molecule has 0 aromatic heterocycles. The van der Waals surface area contributed by atoms with Gasteiger partial charge in [-0.15, -0.1) is 0 Å². The summed E-state index contributed by atoms with van der Waals surface area (Å²) in [7, 11) is -0.618. The zero-order chi connectivity index (χ0) is 13.9. The molecular weight excluding hydrogens is 258 g/mol. The number of nitriles is 1. The van der Waals surface area contributed by atoms with E-state index in [-0.39, 0.29) is 5.54 Å². The van der Waals surface area contributed by atoms with Gasteiger partial charge in [0.15, 0.2) is 0 Å². The van der Waals surface area contributed by atoms with E-state index in [1.54, 1.807) is 0 Å². The van der Waals surface area contributed by atoms with Crippen molar-refractivity contribution in [2.45, 2.75) is 57.2 Å². The quantitative estimate of drug-likeness (QED) is 0.847. The van der Waals surface area contributed by atoms with Crippen molar-refractivity contribution >= 4 is 10.8 Å². The van der Waals surface area contributed by atoms with Gasteiger partial charge in [0.1, 0.15) is 5.54 Å². The molecule has 1 N–H and O–H groups in total. The van der Waals surface area contributed by atoms with Crippen molar-refractivity contribution < 1.29 is 4.21 Å². The highest BCUT2D eigenvalue weighted by Gasteiger charge is 2.39. The van der Waals surface area contributed by atoms with E-state index >= 15 is 0 Å². The predicted molar refractivity (Wildman–Crippen MR) is 78.3 cm³/mol. The minimum absolute atomic E-state index is 0.340. The summed E-state index contributed by atoms with van der Waals surface area (Å²) in [6.45, 7) is 6.07. The molecular formula is C14H25N3OS. The molecule has 0 bridgehead atoms. The maximum absolute atomic E-state index is 11.4. The van der Waals surface area contributed by atoms with Crippen LogP contribution in [0.5, 0.6) is 0 Å². The van der Waals surface area contributed by atoms with Crippen LogP contribution in [-0.4, -0.2) is 51.3 Å². The van der Waals surface area contributed by atoms with Crippen molar-refractivity contribution in [3.05, 3.63) is 0 Å². The van der Waals surface area contributed by atoms with Crippen LogP contribution in [0.15, 0.2) is 0 Å². The fourth-order valence-electron chi connectivity index (χ4n) is 3.39. The summed E-state index contributed by atoms with van der Waals surface area (Å²) in [5.74, 6) is 1.60. The van der Waals surface area contributed by atoms with E-state index in [2.05, 4.69) is 30.1 Å². The zero-order valence-corrected chi connectivity index (χ0v) is 12.8. The molecule has 0 spiro atoms. The first-order valence-corrected chi connectivity index (χ1v) is 8.81. The van der Waals surface area contributed by atoms with Crippen LogP contribution in [0.1, 0.15) is 39.5 Å². The number of rotatable bonds is 3. The third kappa shape index (κ3) is 3.77. The third-order valence-corrected chi connectivity index (χ3v) is 5.51. The van der Waals surface area contributed by atoms with Gasteiger partial charge in [-0.3, -0.25) is 14.4 Å². The van der Waals surface area contributed by atoms with Crippen molar-refractivity contribution in [1.29, 1.82) is 5.26 Å². The highest BCUT2D eigenvalue weighted by molar-refractivity contribution is 7.85. The average Bonchev–Trinajstić information content (AvgIpc) is 2.39. The lowest BCUT2D eigenvalue weighted by molar-refractivity contribution is 0.125. The second-order valence-electron chi connectivity index (χ2n) is 6.13. The lowest BCUT2D eigenvalue weighted by atomic mass is 9.79. The van der Waals surface area contributed by atoms with E-state index in [1.807, 2.05) is 0 Å². The first-order chi connectivity index (χ1) is 9.04. The second-order valence-corrected chi connectivity index (χ2v) is 7.82. The standard InChI is InChI=1S/C14H25N3OS/c1-12(2)16-14(11-15)5-3-4-13(10-14)17-6-8-19(18)9-7-17/h12-13,16H,3-10H2,1-2H3. The second kappa shape index (κ2) is 6.34. The molecule has 4 nitrogen and oxygen atoms in total. The molecule has 0 radical (unpaired) electrons. The van der Waals surface area contributed by atoms with Gasteiger partial charge >= 0.3 is 0 Å². The monoisotopic (exact) mass is 283 g/mol. The largest absolute Gasteiger partial charge is 0.298 e. The van der Waals surface area contributed by atoms with Crippen molar-refractivity contribution in [2.24, 2.45) is 0 Å². The van der Waals surface area contributed by atoms with Crippen LogP contribution in [0.4, 0.5) is 0 Å². The van der Waals surface area contributed by atoms with Crippen LogP contribution >= 0.6 is 0 Å². The molecule has 1 saturated heterocycles. The first-order valence-electron chi connectivity index (χ1n) is 7.33. The molecule has 19 heavy (non-hydrogen) atoms. The lowest BCUT2D eigenvalue weighted by Gasteiger charge is -2.43.